The Morgan fingerprint density at radius 3 is 2.78 bits per heavy atom. The van der Waals surface area contributed by atoms with Crippen molar-refractivity contribution in [2.75, 3.05) is 7.11 Å². The molecule has 0 radical (unpaired) electrons. The number of ether oxygens (including phenoxy) is 1. The van der Waals surface area contributed by atoms with Crippen LogP contribution in [0.4, 0.5) is 0 Å². The Balaban J connectivity index is 1.93. The largest absolute Gasteiger partial charge is 0.496 e. The average Bonchev–Trinajstić information content (AvgIpc) is 2.45. The van der Waals surface area contributed by atoms with Crippen molar-refractivity contribution in [1.82, 2.24) is 5.32 Å². The summed E-state index contributed by atoms with van der Waals surface area (Å²) >= 11 is 0. The van der Waals surface area contributed by atoms with E-state index in [4.69, 9.17) is 4.74 Å². The van der Waals surface area contributed by atoms with Gasteiger partial charge < -0.3 is 10.1 Å². The van der Waals surface area contributed by atoms with Crippen LogP contribution in [-0.4, -0.2) is 13.2 Å². The van der Waals surface area contributed by atoms with Crippen molar-refractivity contribution in [3.63, 3.8) is 0 Å². The lowest BCUT2D eigenvalue weighted by Gasteiger charge is -2.31. The van der Waals surface area contributed by atoms with Gasteiger partial charge in [0.15, 0.2) is 0 Å². The molecule has 2 atom stereocenters. The third-order valence-electron chi connectivity index (χ3n) is 4.18. The number of rotatable bonds is 5. The van der Waals surface area contributed by atoms with Gasteiger partial charge in [0.1, 0.15) is 5.75 Å². The number of methoxy groups -OCH3 is 1. The van der Waals surface area contributed by atoms with Crippen molar-refractivity contribution in [3.8, 4) is 5.75 Å². The highest BCUT2D eigenvalue weighted by Crippen LogP contribution is 2.27. The van der Waals surface area contributed by atoms with Gasteiger partial charge in [-0.1, -0.05) is 44.4 Å². The van der Waals surface area contributed by atoms with Gasteiger partial charge in [-0.25, -0.2) is 0 Å². The lowest BCUT2D eigenvalue weighted by Crippen LogP contribution is -2.37. The molecule has 0 saturated heterocycles. The molecule has 18 heavy (non-hydrogen) atoms. The molecule has 1 N–H and O–H groups in total. The molecule has 0 heterocycles. The van der Waals surface area contributed by atoms with Crippen LogP contribution in [0.1, 0.15) is 44.6 Å². The molecule has 1 aromatic carbocycles. The summed E-state index contributed by atoms with van der Waals surface area (Å²) in [6.07, 6.45) is 6.79. The molecule has 1 aliphatic rings. The first-order valence-electron chi connectivity index (χ1n) is 7.20. The maximum absolute atomic E-state index is 5.40. The van der Waals surface area contributed by atoms with E-state index in [1.165, 1.54) is 37.7 Å². The van der Waals surface area contributed by atoms with E-state index in [-0.39, 0.29) is 0 Å². The monoisotopic (exact) mass is 247 g/mol. The van der Waals surface area contributed by atoms with E-state index in [9.17, 15) is 0 Å². The van der Waals surface area contributed by atoms with Gasteiger partial charge in [-0.3, -0.25) is 0 Å². The van der Waals surface area contributed by atoms with Crippen molar-refractivity contribution in [2.45, 2.75) is 51.6 Å². The SMILES string of the molecule is CC[C@H]1CCCC[C@@H]1NCc1ccccc1OC. The van der Waals surface area contributed by atoms with Gasteiger partial charge in [0, 0.05) is 18.2 Å². The van der Waals surface area contributed by atoms with Gasteiger partial charge >= 0.3 is 0 Å². The molecule has 1 aliphatic carbocycles. The second kappa shape index (κ2) is 6.79. The fourth-order valence-corrected chi connectivity index (χ4v) is 3.06. The molecular formula is C16H25NO. The molecule has 0 spiro atoms. The summed E-state index contributed by atoms with van der Waals surface area (Å²) in [5.74, 6) is 1.85. The Labute approximate surface area is 111 Å². The number of nitrogens with one attached hydrogen (secondary N) is 1. The van der Waals surface area contributed by atoms with Crippen LogP contribution < -0.4 is 10.1 Å². The number of hydrogen-bond donors (Lipinski definition) is 1. The smallest absolute Gasteiger partial charge is 0.123 e. The van der Waals surface area contributed by atoms with Crippen LogP contribution in [0.5, 0.6) is 5.75 Å². The van der Waals surface area contributed by atoms with E-state index >= 15 is 0 Å². The molecule has 0 bridgehead atoms. The van der Waals surface area contributed by atoms with Gasteiger partial charge in [0.25, 0.3) is 0 Å². The highest BCUT2D eigenvalue weighted by Gasteiger charge is 2.23. The van der Waals surface area contributed by atoms with Gasteiger partial charge in [-0.15, -0.1) is 0 Å². The molecule has 1 saturated carbocycles. The molecule has 2 nitrogen and oxygen atoms in total. The van der Waals surface area contributed by atoms with E-state index in [1.54, 1.807) is 7.11 Å². The summed E-state index contributed by atoms with van der Waals surface area (Å²) in [5, 5.41) is 3.73. The van der Waals surface area contributed by atoms with Crippen molar-refractivity contribution in [3.05, 3.63) is 29.8 Å². The van der Waals surface area contributed by atoms with E-state index in [1.807, 2.05) is 12.1 Å². The molecule has 0 aromatic heterocycles. The third-order valence-corrected chi connectivity index (χ3v) is 4.18. The van der Waals surface area contributed by atoms with Crippen LogP contribution in [0, 0.1) is 5.92 Å². The second-order valence-corrected chi connectivity index (χ2v) is 5.25. The molecule has 0 amide bonds. The topological polar surface area (TPSA) is 21.3 Å². The van der Waals surface area contributed by atoms with Crippen molar-refractivity contribution >= 4 is 0 Å². The quantitative estimate of drug-likeness (QED) is 0.855. The molecule has 0 aliphatic heterocycles. The van der Waals surface area contributed by atoms with Gasteiger partial charge in [0.05, 0.1) is 7.11 Å². The predicted octanol–water partition coefficient (Wildman–Crippen LogP) is 3.75. The minimum absolute atomic E-state index is 0.689. The zero-order chi connectivity index (χ0) is 12.8. The van der Waals surface area contributed by atoms with Gasteiger partial charge in [-0.2, -0.15) is 0 Å². The Hall–Kier alpha value is -1.02. The molecule has 100 valence electrons. The maximum atomic E-state index is 5.40. The average molecular weight is 247 g/mol. The molecule has 1 aromatic rings. The lowest BCUT2D eigenvalue weighted by molar-refractivity contribution is 0.253. The first kappa shape index (κ1) is 13.4. The van der Waals surface area contributed by atoms with E-state index in [2.05, 4.69) is 24.4 Å². The lowest BCUT2D eigenvalue weighted by atomic mass is 9.83. The summed E-state index contributed by atoms with van der Waals surface area (Å²) in [5.41, 5.74) is 1.26. The van der Waals surface area contributed by atoms with Crippen molar-refractivity contribution < 1.29 is 4.74 Å². The molecule has 2 rings (SSSR count). The van der Waals surface area contributed by atoms with Crippen LogP contribution in [0.2, 0.25) is 0 Å². The summed E-state index contributed by atoms with van der Waals surface area (Å²) in [4.78, 5) is 0. The zero-order valence-corrected chi connectivity index (χ0v) is 11.6. The van der Waals surface area contributed by atoms with Gasteiger partial charge in [-0.05, 0) is 24.8 Å². The molecule has 2 heteroatoms. The first-order chi connectivity index (χ1) is 8.85. The van der Waals surface area contributed by atoms with Crippen molar-refractivity contribution in [2.24, 2.45) is 5.92 Å². The minimum atomic E-state index is 0.689. The molecule has 0 unspecified atom stereocenters. The van der Waals surface area contributed by atoms with Crippen LogP contribution in [0.25, 0.3) is 0 Å². The van der Waals surface area contributed by atoms with Crippen LogP contribution >= 0.6 is 0 Å². The molecule has 1 fully saturated rings. The maximum Gasteiger partial charge on any atom is 0.123 e. The van der Waals surface area contributed by atoms with Crippen LogP contribution in [-0.2, 0) is 6.54 Å². The Morgan fingerprint density at radius 1 is 1.22 bits per heavy atom. The fraction of sp³-hybridized carbons (Fsp3) is 0.625. The Morgan fingerprint density at radius 2 is 2.00 bits per heavy atom. The Bertz CT molecular complexity index is 364. The van der Waals surface area contributed by atoms with E-state index < -0.39 is 0 Å². The molecular weight excluding hydrogens is 222 g/mol. The summed E-state index contributed by atoms with van der Waals surface area (Å²) < 4.78 is 5.40. The number of hydrogen-bond acceptors (Lipinski definition) is 2. The summed E-state index contributed by atoms with van der Waals surface area (Å²) in [6, 6.07) is 8.98. The standard InChI is InChI=1S/C16H25NO/c1-3-13-8-4-6-10-15(13)17-12-14-9-5-7-11-16(14)18-2/h5,7,9,11,13,15,17H,3-4,6,8,10,12H2,1-2H3/t13-,15-/m0/s1. The zero-order valence-electron chi connectivity index (χ0n) is 11.6. The fourth-order valence-electron chi connectivity index (χ4n) is 3.06. The van der Waals surface area contributed by atoms with Crippen LogP contribution in [0.15, 0.2) is 24.3 Å². The summed E-state index contributed by atoms with van der Waals surface area (Å²) in [6.45, 7) is 3.24. The highest BCUT2D eigenvalue weighted by molar-refractivity contribution is 5.33. The van der Waals surface area contributed by atoms with E-state index in [0.29, 0.717) is 6.04 Å². The van der Waals surface area contributed by atoms with Crippen LogP contribution in [0.3, 0.4) is 0 Å². The Kier molecular flexibility index (Phi) is 5.06. The minimum Gasteiger partial charge on any atom is -0.496 e. The normalized spacial score (nSPS) is 23.9. The van der Waals surface area contributed by atoms with Gasteiger partial charge in [0.2, 0.25) is 0 Å². The highest BCUT2D eigenvalue weighted by atomic mass is 16.5. The number of benzene rings is 1. The van der Waals surface area contributed by atoms with Crippen molar-refractivity contribution in [1.29, 1.82) is 0 Å². The van der Waals surface area contributed by atoms with E-state index in [0.717, 1.165) is 18.2 Å². The summed E-state index contributed by atoms with van der Waals surface area (Å²) in [7, 11) is 1.74. The predicted molar refractivity (Wildman–Crippen MR) is 75.9 cm³/mol. The second-order valence-electron chi connectivity index (χ2n) is 5.25. The number of para-hydroxylation sites is 1. The third kappa shape index (κ3) is 3.26. The first-order valence-corrected chi connectivity index (χ1v) is 7.20.